The number of halogens is 1. The Morgan fingerprint density at radius 2 is 1.95 bits per heavy atom. The predicted molar refractivity (Wildman–Crippen MR) is 76.6 cm³/mol. The molecular weight excluding hydrogens is 260 g/mol. The third-order valence-electron chi connectivity index (χ3n) is 2.94. The van der Waals surface area contributed by atoms with Crippen molar-refractivity contribution >= 4 is 23.0 Å². The first-order valence-electron chi connectivity index (χ1n) is 5.79. The van der Waals surface area contributed by atoms with Crippen LogP contribution >= 0.6 is 11.6 Å². The molecule has 0 amide bonds. The van der Waals surface area contributed by atoms with Crippen molar-refractivity contribution in [3.63, 3.8) is 0 Å². The molecule has 96 valence electrons. The van der Waals surface area contributed by atoms with Gasteiger partial charge in [0.15, 0.2) is 0 Å². The van der Waals surface area contributed by atoms with Gasteiger partial charge in [0.05, 0.1) is 28.6 Å². The number of hydrogen-bond acceptors (Lipinski definition) is 3. The number of aliphatic hydroxyl groups is 1. The van der Waals surface area contributed by atoms with Crippen LogP contribution in [0.1, 0.15) is 11.1 Å². The Morgan fingerprint density at radius 3 is 2.58 bits per heavy atom. The highest BCUT2D eigenvalue weighted by molar-refractivity contribution is 6.33. The molecule has 0 fully saturated rings. The molecule has 2 aromatic rings. The molecule has 2 rings (SSSR count). The fourth-order valence-corrected chi connectivity index (χ4v) is 2.24. The molecular formula is C15H13ClN2O. The third kappa shape index (κ3) is 2.70. The minimum absolute atomic E-state index is 0.0432. The quantitative estimate of drug-likeness (QED) is 0.931. The summed E-state index contributed by atoms with van der Waals surface area (Å²) in [5.74, 6) is 0. The minimum Gasteiger partial charge on any atom is -0.392 e. The van der Waals surface area contributed by atoms with E-state index in [-0.39, 0.29) is 6.61 Å². The van der Waals surface area contributed by atoms with Gasteiger partial charge < -0.3 is 10.0 Å². The zero-order chi connectivity index (χ0) is 13.8. The highest BCUT2D eigenvalue weighted by Crippen LogP contribution is 2.32. The molecule has 0 aromatic heterocycles. The maximum absolute atomic E-state index is 9.12. The number of benzene rings is 2. The second-order valence-corrected chi connectivity index (χ2v) is 4.54. The number of aliphatic hydroxyl groups excluding tert-OH is 1. The summed E-state index contributed by atoms with van der Waals surface area (Å²) in [4.78, 5) is 1.86. The minimum atomic E-state index is -0.0432. The largest absolute Gasteiger partial charge is 0.392 e. The Morgan fingerprint density at radius 1 is 1.21 bits per heavy atom. The van der Waals surface area contributed by atoms with E-state index in [1.165, 1.54) is 0 Å². The number of hydrogen-bond donors (Lipinski definition) is 1. The molecule has 0 saturated heterocycles. The molecule has 0 atom stereocenters. The first-order chi connectivity index (χ1) is 9.17. The summed E-state index contributed by atoms with van der Waals surface area (Å²) >= 11 is 6.21. The highest BCUT2D eigenvalue weighted by Gasteiger charge is 2.11. The first-order valence-corrected chi connectivity index (χ1v) is 6.17. The van der Waals surface area contributed by atoms with Crippen molar-refractivity contribution in [2.45, 2.75) is 6.61 Å². The van der Waals surface area contributed by atoms with Crippen LogP contribution in [0.4, 0.5) is 11.4 Å². The second-order valence-electron chi connectivity index (χ2n) is 4.13. The Labute approximate surface area is 117 Å². The first kappa shape index (κ1) is 13.4. The van der Waals surface area contributed by atoms with Crippen LogP contribution in [-0.2, 0) is 6.61 Å². The molecule has 0 aliphatic carbocycles. The van der Waals surface area contributed by atoms with Gasteiger partial charge in [-0.2, -0.15) is 5.26 Å². The van der Waals surface area contributed by atoms with Crippen LogP contribution < -0.4 is 4.90 Å². The summed E-state index contributed by atoms with van der Waals surface area (Å²) in [6.45, 7) is -0.0432. The van der Waals surface area contributed by atoms with Crippen LogP contribution in [0.3, 0.4) is 0 Å². The van der Waals surface area contributed by atoms with Gasteiger partial charge in [-0.05, 0) is 29.8 Å². The van der Waals surface area contributed by atoms with Crippen molar-refractivity contribution in [1.29, 1.82) is 5.26 Å². The number of nitrogens with zero attached hydrogens (tertiary/aromatic N) is 2. The lowest BCUT2D eigenvalue weighted by molar-refractivity contribution is 0.282. The van der Waals surface area contributed by atoms with Crippen LogP contribution in [0.2, 0.25) is 5.02 Å². The van der Waals surface area contributed by atoms with Gasteiger partial charge >= 0.3 is 0 Å². The molecule has 0 unspecified atom stereocenters. The molecule has 0 spiro atoms. The SMILES string of the molecule is CN(c1ccc(CO)cc1Cl)c1ccccc1C#N. The van der Waals surface area contributed by atoms with Crippen molar-refractivity contribution in [1.82, 2.24) is 0 Å². The number of rotatable bonds is 3. The molecule has 0 heterocycles. The van der Waals surface area contributed by atoms with Crippen molar-refractivity contribution in [3.8, 4) is 6.07 Å². The van der Waals surface area contributed by atoms with E-state index >= 15 is 0 Å². The standard InChI is InChI=1S/C15H13ClN2O/c1-18(14-5-3-2-4-12(14)9-17)15-7-6-11(10-19)8-13(15)16/h2-8,19H,10H2,1H3. The molecule has 0 aliphatic heterocycles. The summed E-state index contributed by atoms with van der Waals surface area (Å²) < 4.78 is 0. The summed E-state index contributed by atoms with van der Waals surface area (Å²) in [5, 5.41) is 18.7. The van der Waals surface area contributed by atoms with Crippen molar-refractivity contribution in [3.05, 3.63) is 58.6 Å². The van der Waals surface area contributed by atoms with E-state index in [1.807, 2.05) is 42.3 Å². The fourth-order valence-electron chi connectivity index (χ4n) is 1.91. The molecule has 3 nitrogen and oxygen atoms in total. The van der Waals surface area contributed by atoms with E-state index in [9.17, 15) is 0 Å². The van der Waals surface area contributed by atoms with Gasteiger partial charge in [0.1, 0.15) is 6.07 Å². The third-order valence-corrected chi connectivity index (χ3v) is 3.24. The van der Waals surface area contributed by atoms with Gasteiger partial charge in [-0.25, -0.2) is 0 Å². The van der Waals surface area contributed by atoms with Crippen LogP contribution in [-0.4, -0.2) is 12.2 Å². The molecule has 0 saturated carbocycles. The van der Waals surface area contributed by atoms with E-state index in [0.717, 1.165) is 16.9 Å². The van der Waals surface area contributed by atoms with E-state index in [1.54, 1.807) is 12.1 Å². The second kappa shape index (κ2) is 5.75. The Hall–Kier alpha value is -2.02. The van der Waals surface area contributed by atoms with E-state index in [0.29, 0.717) is 10.6 Å². The highest BCUT2D eigenvalue weighted by atomic mass is 35.5. The van der Waals surface area contributed by atoms with Crippen LogP contribution in [0.25, 0.3) is 0 Å². The van der Waals surface area contributed by atoms with Gasteiger partial charge in [0.25, 0.3) is 0 Å². The molecule has 0 aliphatic rings. The van der Waals surface area contributed by atoms with Gasteiger partial charge in [-0.15, -0.1) is 0 Å². The molecule has 0 bridgehead atoms. The average Bonchev–Trinajstić information content (AvgIpc) is 2.46. The smallest absolute Gasteiger partial charge is 0.101 e. The normalized spacial score (nSPS) is 10.0. The average molecular weight is 273 g/mol. The van der Waals surface area contributed by atoms with Gasteiger partial charge in [-0.1, -0.05) is 29.8 Å². The number of anilines is 2. The Balaban J connectivity index is 2.45. The monoisotopic (exact) mass is 272 g/mol. The summed E-state index contributed by atoms with van der Waals surface area (Å²) in [5.41, 5.74) is 2.94. The molecule has 19 heavy (non-hydrogen) atoms. The summed E-state index contributed by atoms with van der Waals surface area (Å²) in [7, 11) is 1.86. The molecule has 0 radical (unpaired) electrons. The Bertz CT molecular complexity index is 634. The Kier molecular flexibility index (Phi) is 4.06. The summed E-state index contributed by atoms with van der Waals surface area (Å²) in [6.07, 6.45) is 0. The van der Waals surface area contributed by atoms with Crippen molar-refractivity contribution in [2.24, 2.45) is 0 Å². The lowest BCUT2D eigenvalue weighted by atomic mass is 10.1. The lowest BCUT2D eigenvalue weighted by Crippen LogP contribution is -2.11. The van der Waals surface area contributed by atoms with Crippen molar-refractivity contribution < 1.29 is 5.11 Å². The topological polar surface area (TPSA) is 47.3 Å². The molecule has 1 N–H and O–H groups in total. The van der Waals surface area contributed by atoms with Crippen LogP contribution in [0, 0.1) is 11.3 Å². The van der Waals surface area contributed by atoms with Crippen molar-refractivity contribution in [2.75, 3.05) is 11.9 Å². The van der Waals surface area contributed by atoms with Gasteiger partial charge in [-0.3, -0.25) is 0 Å². The maximum Gasteiger partial charge on any atom is 0.101 e. The van der Waals surface area contributed by atoms with Gasteiger partial charge in [0.2, 0.25) is 0 Å². The number of nitriles is 1. The zero-order valence-electron chi connectivity index (χ0n) is 10.5. The molecule has 2 aromatic carbocycles. The van der Waals surface area contributed by atoms with Crippen LogP contribution in [0.15, 0.2) is 42.5 Å². The van der Waals surface area contributed by atoms with Gasteiger partial charge in [0, 0.05) is 7.05 Å². The number of para-hydroxylation sites is 1. The van der Waals surface area contributed by atoms with Crippen LogP contribution in [0.5, 0.6) is 0 Å². The zero-order valence-corrected chi connectivity index (χ0v) is 11.2. The maximum atomic E-state index is 9.12. The fraction of sp³-hybridized carbons (Fsp3) is 0.133. The van der Waals surface area contributed by atoms with E-state index < -0.39 is 0 Å². The van der Waals surface area contributed by atoms with E-state index in [4.69, 9.17) is 22.0 Å². The summed E-state index contributed by atoms with van der Waals surface area (Å²) in [6, 6.07) is 14.9. The van der Waals surface area contributed by atoms with E-state index in [2.05, 4.69) is 6.07 Å². The lowest BCUT2D eigenvalue weighted by Gasteiger charge is -2.22. The predicted octanol–water partition coefficient (Wildman–Crippen LogP) is 3.47. The molecule has 4 heteroatoms.